The van der Waals surface area contributed by atoms with Crippen molar-refractivity contribution in [1.29, 1.82) is 5.26 Å². The molecule has 27 heavy (non-hydrogen) atoms. The fourth-order valence-electron chi connectivity index (χ4n) is 3.36. The minimum atomic E-state index is -3.97. The summed E-state index contributed by atoms with van der Waals surface area (Å²) in [6.45, 7) is 5.41. The van der Waals surface area contributed by atoms with Crippen molar-refractivity contribution in [3.8, 4) is 6.07 Å². The molecular weight excluding hydrogens is 430 g/mol. The number of aryl methyl sites for hydroxylation is 3. The maximum Gasteiger partial charge on any atom is 0.269 e. The number of fused-ring (bicyclic) bond motifs is 1. The predicted molar refractivity (Wildman–Crippen MR) is 106 cm³/mol. The van der Waals surface area contributed by atoms with E-state index < -0.39 is 16.1 Å². The number of hydrogen-bond acceptors (Lipinski definition) is 5. The highest BCUT2D eigenvalue weighted by molar-refractivity contribution is 9.09. The molecule has 0 aliphatic heterocycles. The smallest absolute Gasteiger partial charge is 0.269 e. The van der Waals surface area contributed by atoms with Gasteiger partial charge in [-0.25, -0.2) is 17.4 Å². The molecular formula is C19H18BrN3O3S. The molecule has 1 N–H and O–H groups in total. The number of aromatic nitrogens is 2. The number of aliphatic hydroxyl groups excluding tert-OH is 1. The monoisotopic (exact) mass is 447 g/mol. The number of aliphatic hydroxyl groups is 1. The zero-order valence-corrected chi connectivity index (χ0v) is 17.5. The van der Waals surface area contributed by atoms with Crippen molar-refractivity contribution in [2.24, 2.45) is 0 Å². The van der Waals surface area contributed by atoms with Crippen LogP contribution in [0, 0.1) is 32.1 Å². The summed E-state index contributed by atoms with van der Waals surface area (Å²) in [6, 6.07) is 8.68. The summed E-state index contributed by atoms with van der Waals surface area (Å²) in [5, 5.41) is 20.2. The van der Waals surface area contributed by atoms with E-state index in [0.29, 0.717) is 22.1 Å². The quantitative estimate of drug-likeness (QED) is 0.617. The molecule has 0 fully saturated rings. The van der Waals surface area contributed by atoms with E-state index in [1.54, 1.807) is 19.9 Å². The van der Waals surface area contributed by atoms with Crippen LogP contribution in [0.4, 0.5) is 0 Å². The van der Waals surface area contributed by atoms with Gasteiger partial charge in [-0.1, -0.05) is 33.6 Å². The van der Waals surface area contributed by atoms with Crippen molar-refractivity contribution in [1.82, 2.24) is 8.96 Å². The largest absolute Gasteiger partial charge is 0.387 e. The zero-order chi connectivity index (χ0) is 19.9. The molecule has 1 atom stereocenters. The highest BCUT2D eigenvalue weighted by Crippen LogP contribution is 2.32. The molecule has 1 aromatic carbocycles. The van der Waals surface area contributed by atoms with Gasteiger partial charge in [-0.2, -0.15) is 5.26 Å². The van der Waals surface area contributed by atoms with E-state index in [1.165, 1.54) is 12.3 Å². The highest BCUT2D eigenvalue weighted by atomic mass is 79.9. The van der Waals surface area contributed by atoms with Crippen LogP contribution in [0.5, 0.6) is 0 Å². The molecule has 0 bridgehead atoms. The number of benzene rings is 1. The summed E-state index contributed by atoms with van der Waals surface area (Å²) in [5.74, 6) is 0. The van der Waals surface area contributed by atoms with Crippen LogP contribution in [-0.2, 0) is 10.0 Å². The third kappa shape index (κ3) is 3.27. The van der Waals surface area contributed by atoms with E-state index in [4.69, 9.17) is 5.26 Å². The maximum absolute atomic E-state index is 13.5. The molecule has 6 nitrogen and oxygen atoms in total. The Morgan fingerprint density at radius 1 is 1.26 bits per heavy atom. The molecule has 3 aromatic rings. The number of hydrogen-bond donors (Lipinski definition) is 1. The first-order chi connectivity index (χ1) is 12.7. The lowest BCUT2D eigenvalue weighted by atomic mass is 10.1. The second-order valence-electron chi connectivity index (χ2n) is 6.46. The molecule has 0 aliphatic rings. The first-order valence-corrected chi connectivity index (χ1v) is 10.8. The minimum Gasteiger partial charge on any atom is -0.387 e. The number of pyridine rings is 1. The van der Waals surface area contributed by atoms with E-state index in [-0.39, 0.29) is 21.6 Å². The van der Waals surface area contributed by atoms with Gasteiger partial charge < -0.3 is 5.11 Å². The fraction of sp³-hybridized carbons (Fsp3) is 0.263. The highest BCUT2D eigenvalue weighted by Gasteiger charge is 2.27. The predicted octanol–water partition coefficient (Wildman–Crippen LogP) is 3.50. The van der Waals surface area contributed by atoms with Crippen LogP contribution in [-0.4, -0.2) is 27.8 Å². The van der Waals surface area contributed by atoms with E-state index in [2.05, 4.69) is 20.9 Å². The van der Waals surface area contributed by atoms with Crippen molar-refractivity contribution in [3.05, 3.63) is 58.4 Å². The topological polar surface area (TPSA) is 96.0 Å². The fourth-order valence-corrected chi connectivity index (χ4v) is 5.46. The van der Waals surface area contributed by atoms with Crippen LogP contribution < -0.4 is 0 Å². The second-order valence-corrected chi connectivity index (χ2v) is 8.86. The summed E-state index contributed by atoms with van der Waals surface area (Å²) in [4.78, 5) is 4.40. The number of rotatable bonds is 4. The zero-order valence-electron chi connectivity index (χ0n) is 15.1. The molecule has 0 aliphatic carbocycles. The average Bonchev–Trinajstić information content (AvgIpc) is 2.99. The van der Waals surface area contributed by atoms with Gasteiger partial charge in [0.25, 0.3) is 10.0 Å². The lowest BCUT2D eigenvalue weighted by Crippen LogP contribution is -2.16. The van der Waals surface area contributed by atoms with Crippen LogP contribution in [0.25, 0.3) is 11.0 Å². The van der Waals surface area contributed by atoms with Crippen molar-refractivity contribution in [3.63, 3.8) is 0 Å². The first-order valence-electron chi connectivity index (χ1n) is 8.20. The minimum absolute atomic E-state index is 0.106. The SMILES string of the molecule is Cc1cc(C)c(S(=O)(=O)n2cc(C(O)CBr)c3ccc(C#N)nc32)c(C)c1. The van der Waals surface area contributed by atoms with Gasteiger partial charge in [0.15, 0.2) is 5.65 Å². The number of alkyl halides is 1. The Hall–Kier alpha value is -2.21. The second kappa shape index (κ2) is 7.08. The van der Waals surface area contributed by atoms with E-state index in [0.717, 1.165) is 9.54 Å². The number of halogens is 1. The Bertz CT molecular complexity index is 1170. The van der Waals surface area contributed by atoms with Crippen LogP contribution >= 0.6 is 15.9 Å². The Morgan fingerprint density at radius 3 is 2.44 bits per heavy atom. The van der Waals surface area contributed by atoms with Gasteiger partial charge in [0.2, 0.25) is 0 Å². The molecule has 3 rings (SSSR count). The molecule has 2 heterocycles. The van der Waals surface area contributed by atoms with Crippen molar-refractivity contribution < 1.29 is 13.5 Å². The summed E-state index contributed by atoms with van der Waals surface area (Å²) >= 11 is 3.22. The first kappa shape index (κ1) is 19.5. The molecule has 8 heteroatoms. The van der Waals surface area contributed by atoms with Crippen LogP contribution in [0.1, 0.15) is 34.1 Å². The van der Waals surface area contributed by atoms with Crippen molar-refractivity contribution in [2.75, 3.05) is 5.33 Å². The third-order valence-electron chi connectivity index (χ3n) is 4.39. The molecule has 0 saturated carbocycles. The normalized spacial score (nSPS) is 12.9. The van der Waals surface area contributed by atoms with Gasteiger partial charge in [-0.3, -0.25) is 0 Å². The van der Waals surface area contributed by atoms with Crippen LogP contribution in [0.2, 0.25) is 0 Å². The van der Waals surface area contributed by atoms with E-state index in [9.17, 15) is 13.5 Å². The summed E-state index contributed by atoms with van der Waals surface area (Å²) < 4.78 is 28.0. The Morgan fingerprint density at radius 2 is 1.89 bits per heavy atom. The number of nitrogens with zero attached hydrogens (tertiary/aromatic N) is 3. The van der Waals surface area contributed by atoms with Gasteiger partial charge in [0.1, 0.15) is 11.8 Å². The maximum atomic E-state index is 13.5. The van der Waals surface area contributed by atoms with Crippen molar-refractivity contribution >= 4 is 37.0 Å². The Balaban J connectivity index is 2.38. The molecule has 0 radical (unpaired) electrons. The van der Waals surface area contributed by atoms with E-state index >= 15 is 0 Å². The van der Waals surface area contributed by atoms with Gasteiger partial charge in [-0.05, 0) is 44.0 Å². The Kier molecular flexibility index (Phi) is 5.12. The standard InChI is InChI=1S/C19H18BrN3O3S/c1-11-6-12(2)18(13(3)7-11)27(25,26)23-10-16(17(24)8-20)15-5-4-14(9-21)22-19(15)23/h4-7,10,17,24H,8H2,1-3H3. The van der Waals surface area contributed by atoms with E-state index in [1.807, 2.05) is 25.1 Å². The molecule has 0 amide bonds. The summed E-state index contributed by atoms with van der Waals surface area (Å²) in [6.07, 6.45) is 0.484. The van der Waals surface area contributed by atoms with Gasteiger partial charge >= 0.3 is 0 Å². The van der Waals surface area contributed by atoms with Gasteiger partial charge in [-0.15, -0.1) is 0 Å². The lowest BCUT2D eigenvalue weighted by molar-refractivity contribution is 0.207. The summed E-state index contributed by atoms with van der Waals surface area (Å²) in [7, 11) is -3.97. The molecule has 1 unspecified atom stereocenters. The molecule has 0 spiro atoms. The van der Waals surface area contributed by atoms with Gasteiger partial charge in [0.05, 0.1) is 11.0 Å². The number of nitriles is 1. The lowest BCUT2D eigenvalue weighted by Gasteiger charge is -2.13. The summed E-state index contributed by atoms with van der Waals surface area (Å²) in [5.41, 5.74) is 2.91. The van der Waals surface area contributed by atoms with Crippen molar-refractivity contribution in [2.45, 2.75) is 31.8 Å². The van der Waals surface area contributed by atoms with Gasteiger partial charge in [0, 0.05) is 22.5 Å². The molecule has 140 valence electrons. The van der Waals surface area contributed by atoms with Crippen LogP contribution in [0.3, 0.4) is 0 Å². The average molecular weight is 448 g/mol. The van der Waals surface area contributed by atoms with Crippen LogP contribution in [0.15, 0.2) is 35.4 Å². The Labute approximate surface area is 166 Å². The molecule has 0 saturated heterocycles. The third-order valence-corrected chi connectivity index (χ3v) is 6.96. The molecule has 2 aromatic heterocycles.